The van der Waals surface area contributed by atoms with Crippen LogP contribution in [0.1, 0.15) is 0 Å². The van der Waals surface area contributed by atoms with Crippen LogP contribution in [0, 0.1) is 0 Å². The van der Waals surface area contributed by atoms with Crippen molar-refractivity contribution in [1.82, 2.24) is 4.57 Å². The van der Waals surface area contributed by atoms with Crippen LogP contribution < -0.4 is 4.90 Å². The van der Waals surface area contributed by atoms with E-state index in [0.29, 0.717) is 0 Å². The first-order valence-electron chi connectivity index (χ1n) is 17.9. The van der Waals surface area contributed by atoms with Gasteiger partial charge in [0.1, 0.15) is 0 Å². The number of aromatic nitrogens is 1. The van der Waals surface area contributed by atoms with Gasteiger partial charge in [0.15, 0.2) is 0 Å². The van der Waals surface area contributed by atoms with Gasteiger partial charge in [-0.3, -0.25) is 0 Å². The van der Waals surface area contributed by atoms with Gasteiger partial charge in [-0.25, -0.2) is 0 Å². The Morgan fingerprint density at radius 2 is 0.923 bits per heavy atom. The Kier molecular flexibility index (Phi) is 7.18. The first kappa shape index (κ1) is 30.0. The summed E-state index contributed by atoms with van der Waals surface area (Å²) in [6, 6.07) is 74.7. The van der Waals surface area contributed by atoms with Crippen molar-refractivity contribution in [2.45, 2.75) is 0 Å². The lowest BCUT2D eigenvalue weighted by Gasteiger charge is -2.30. The van der Waals surface area contributed by atoms with E-state index < -0.39 is 0 Å². The van der Waals surface area contributed by atoms with E-state index in [9.17, 15) is 0 Å². The maximum atomic E-state index is 2.49. The van der Waals surface area contributed by atoms with Crippen molar-refractivity contribution in [3.8, 4) is 27.9 Å². The number of rotatable bonds is 6. The smallest absolute Gasteiger partial charge is 0.0618 e. The maximum Gasteiger partial charge on any atom is 0.0618 e. The molecule has 0 aliphatic carbocycles. The quantitative estimate of drug-likeness (QED) is 0.172. The molecule has 10 aromatic rings. The second-order valence-electron chi connectivity index (χ2n) is 13.3. The van der Waals surface area contributed by atoms with Gasteiger partial charge in [-0.15, -0.1) is 0 Å². The molecular formula is C50H34N2. The van der Waals surface area contributed by atoms with E-state index in [1.165, 1.54) is 60.1 Å². The normalized spacial score (nSPS) is 11.5. The molecule has 52 heavy (non-hydrogen) atoms. The third kappa shape index (κ3) is 4.80. The summed E-state index contributed by atoms with van der Waals surface area (Å²) in [7, 11) is 0. The van der Waals surface area contributed by atoms with Crippen molar-refractivity contribution in [1.29, 1.82) is 0 Å². The van der Waals surface area contributed by atoms with Crippen molar-refractivity contribution in [2.75, 3.05) is 4.90 Å². The van der Waals surface area contributed by atoms with Crippen molar-refractivity contribution in [3.05, 3.63) is 206 Å². The van der Waals surface area contributed by atoms with Crippen molar-refractivity contribution < 1.29 is 0 Å². The Balaban J connectivity index is 1.31. The standard InChI is InChI=1S/C50H34N2/c1-3-17-36(18-4-1)41-34-33-37-20-8-10-25-40(37)50(41)51(38-22-5-2-6-23-38)47-31-16-32-48-49(47)44-27-12-14-30-46(44)52(48)45-29-13-11-26-43(45)42-28-15-21-35-19-7-9-24-39(35)42/h1-34H. The second kappa shape index (κ2) is 12.5. The molecule has 1 aromatic heterocycles. The predicted octanol–water partition coefficient (Wildman–Crippen LogP) is 13.9. The van der Waals surface area contributed by atoms with Gasteiger partial charge in [0.2, 0.25) is 0 Å². The highest BCUT2D eigenvalue weighted by Crippen LogP contribution is 2.49. The van der Waals surface area contributed by atoms with Gasteiger partial charge in [0.05, 0.1) is 28.1 Å². The fraction of sp³-hybridized carbons (Fsp3) is 0. The van der Waals surface area contributed by atoms with E-state index in [1.54, 1.807) is 0 Å². The van der Waals surface area contributed by atoms with Crippen LogP contribution in [0.15, 0.2) is 206 Å². The Labute approximate surface area is 303 Å². The fourth-order valence-corrected chi connectivity index (χ4v) is 8.12. The number of nitrogens with zero attached hydrogens (tertiary/aromatic N) is 2. The topological polar surface area (TPSA) is 8.17 Å². The minimum atomic E-state index is 1.11. The molecule has 0 aliphatic heterocycles. The number of anilines is 3. The predicted molar refractivity (Wildman–Crippen MR) is 221 cm³/mol. The second-order valence-corrected chi connectivity index (χ2v) is 13.3. The molecule has 9 aromatic carbocycles. The summed E-state index contributed by atoms with van der Waals surface area (Å²) in [5.74, 6) is 0. The fourth-order valence-electron chi connectivity index (χ4n) is 8.12. The molecule has 0 amide bonds. The van der Waals surface area contributed by atoms with Crippen LogP contribution in [0.3, 0.4) is 0 Å². The van der Waals surface area contributed by atoms with Gasteiger partial charge < -0.3 is 9.47 Å². The SMILES string of the molecule is c1ccc(-c2ccc3ccccc3c2N(c2ccccc2)c2cccc3c2c2ccccc2n3-c2ccccc2-c2cccc3ccccc23)cc1. The number of benzene rings is 9. The van der Waals surface area contributed by atoms with E-state index in [-0.39, 0.29) is 0 Å². The van der Waals surface area contributed by atoms with E-state index in [1.807, 2.05) is 0 Å². The summed E-state index contributed by atoms with van der Waals surface area (Å²) in [6.45, 7) is 0. The van der Waals surface area contributed by atoms with Gasteiger partial charge in [-0.05, 0) is 63.7 Å². The zero-order valence-electron chi connectivity index (χ0n) is 28.5. The van der Waals surface area contributed by atoms with Crippen LogP contribution in [0.25, 0.3) is 71.3 Å². The van der Waals surface area contributed by atoms with Crippen molar-refractivity contribution in [3.63, 3.8) is 0 Å². The summed E-state index contributed by atoms with van der Waals surface area (Å²) < 4.78 is 2.47. The van der Waals surface area contributed by atoms with Crippen LogP contribution in [-0.2, 0) is 0 Å². The molecule has 0 bridgehead atoms. The average Bonchev–Trinajstić information content (AvgIpc) is 3.56. The average molecular weight is 663 g/mol. The van der Waals surface area contributed by atoms with E-state index >= 15 is 0 Å². The molecule has 0 N–H and O–H groups in total. The van der Waals surface area contributed by atoms with Crippen LogP contribution in [0.4, 0.5) is 17.1 Å². The number of fused-ring (bicyclic) bond motifs is 5. The molecular weight excluding hydrogens is 629 g/mol. The highest BCUT2D eigenvalue weighted by Gasteiger charge is 2.25. The zero-order chi connectivity index (χ0) is 34.4. The third-order valence-electron chi connectivity index (χ3n) is 10.4. The largest absolute Gasteiger partial charge is 0.309 e. The number of hydrogen-bond donors (Lipinski definition) is 0. The molecule has 0 saturated heterocycles. The molecule has 1 heterocycles. The molecule has 0 unspecified atom stereocenters. The summed E-state index contributed by atoms with van der Waals surface area (Å²) in [5.41, 5.74) is 11.7. The van der Waals surface area contributed by atoms with Crippen molar-refractivity contribution in [2.24, 2.45) is 0 Å². The number of para-hydroxylation sites is 3. The highest BCUT2D eigenvalue weighted by molar-refractivity contribution is 6.19. The molecule has 10 rings (SSSR count). The van der Waals surface area contributed by atoms with Crippen LogP contribution in [0.2, 0.25) is 0 Å². The zero-order valence-corrected chi connectivity index (χ0v) is 28.5. The molecule has 0 atom stereocenters. The Hall–Kier alpha value is -6.90. The minimum Gasteiger partial charge on any atom is -0.309 e. The monoisotopic (exact) mass is 662 g/mol. The van der Waals surface area contributed by atoms with E-state index in [4.69, 9.17) is 0 Å². The van der Waals surface area contributed by atoms with Gasteiger partial charge in [-0.1, -0.05) is 170 Å². The Bertz CT molecular complexity index is 2900. The molecule has 0 fully saturated rings. The minimum absolute atomic E-state index is 1.11. The van der Waals surface area contributed by atoms with Gasteiger partial charge >= 0.3 is 0 Å². The molecule has 0 radical (unpaired) electrons. The molecule has 0 saturated carbocycles. The lowest BCUT2D eigenvalue weighted by molar-refractivity contribution is 1.18. The summed E-state index contributed by atoms with van der Waals surface area (Å²) in [6.07, 6.45) is 0. The Morgan fingerprint density at radius 1 is 0.346 bits per heavy atom. The summed E-state index contributed by atoms with van der Waals surface area (Å²) in [5, 5.41) is 7.32. The van der Waals surface area contributed by atoms with Crippen LogP contribution in [0.5, 0.6) is 0 Å². The number of hydrogen-bond acceptors (Lipinski definition) is 1. The van der Waals surface area contributed by atoms with Gasteiger partial charge in [0, 0.05) is 33.0 Å². The third-order valence-corrected chi connectivity index (χ3v) is 10.4. The molecule has 244 valence electrons. The van der Waals surface area contributed by atoms with Gasteiger partial charge in [-0.2, -0.15) is 0 Å². The summed E-state index contributed by atoms with van der Waals surface area (Å²) in [4.78, 5) is 2.49. The van der Waals surface area contributed by atoms with Crippen molar-refractivity contribution >= 4 is 60.4 Å². The first-order chi connectivity index (χ1) is 25.8. The van der Waals surface area contributed by atoms with Crippen LogP contribution in [-0.4, -0.2) is 4.57 Å². The molecule has 2 nitrogen and oxygen atoms in total. The Morgan fingerprint density at radius 3 is 1.75 bits per heavy atom. The lowest BCUT2D eigenvalue weighted by Crippen LogP contribution is -2.12. The van der Waals surface area contributed by atoms with Gasteiger partial charge in [0.25, 0.3) is 0 Å². The first-order valence-corrected chi connectivity index (χ1v) is 17.9. The maximum absolute atomic E-state index is 2.49. The van der Waals surface area contributed by atoms with Crippen LogP contribution >= 0.6 is 0 Å². The highest BCUT2D eigenvalue weighted by atomic mass is 15.2. The molecule has 0 aliphatic rings. The molecule has 2 heteroatoms. The van der Waals surface area contributed by atoms with E-state index in [2.05, 4.69) is 216 Å². The summed E-state index contributed by atoms with van der Waals surface area (Å²) >= 11 is 0. The van der Waals surface area contributed by atoms with E-state index in [0.717, 1.165) is 28.3 Å². The lowest BCUT2D eigenvalue weighted by atomic mass is 9.96. The molecule has 0 spiro atoms.